The molecule has 0 bridgehead atoms. The van der Waals surface area contributed by atoms with Crippen LogP contribution >= 0.6 is 11.3 Å². The van der Waals surface area contributed by atoms with Crippen molar-refractivity contribution in [2.45, 2.75) is 32.2 Å². The monoisotopic (exact) mass is 455 g/mol. The lowest BCUT2D eigenvalue weighted by atomic mass is 9.95. The van der Waals surface area contributed by atoms with Gasteiger partial charge in [-0.1, -0.05) is 24.3 Å². The number of H-pyrrole nitrogens is 1. The van der Waals surface area contributed by atoms with Crippen molar-refractivity contribution >= 4 is 44.3 Å². The number of hydrogen-bond donors (Lipinski definition) is 2. The summed E-state index contributed by atoms with van der Waals surface area (Å²) in [5.41, 5.74) is 5.14. The molecule has 33 heavy (non-hydrogen) atoms. The third kappa shape index (κ3) is 3.52. The van der Waals surface area contributed by atoms with Crippen LogP contribution < -0.4 is 10.9 Å². The highest BCUT2D eigenvalue weighted by Crippen LogP contribution is 2.43. The summed E-state index contributed by atoms with van der Waals surface area (Å²) in [7, 11) is 0. The number of fused-ring (bicyclic) bond motifs is 3. The number of hydrogen-bond acceptors (Lipinski definition) is 5. The van der Waals surface area contributed by atoms with Gasteiger partial charge in [0.1, 0.15) is 17.4 Å². The molecule has 0 radical (unpaired) electrons. The number of carbonyl (C=O) groups excluding carboxylic acids is 1. The Hall–Kier alpha value is -3.78. The number of aromatic amines is 1. The van der Waals surface area contributed by atoms with Crippen molar-refractivity contribution in [3.8, 4) is 11.4 Å². The molecule has 1 aliphatic carbocycles. The van der Waals surface area contributed by atoms with E-state index in [9.17, 15) is 9.59 Å². The van der Waals surface area contributed by atoms with Gasteiger partial charge in [-0.05, 0) is 55.5 Å². The summed E-state index contributed by atoms with van der Waals surface area (Å²) in [6.07, 6.45) is 5.53. The van der Waals surface area contributed by atoms with Crippen LogP contribution in [0.1, 0.15) is 23.3 Å². The SMILES string of the molecule is O=C(Cn1c(=O)cnc2ccccc21)Nc1sc2c(c1-c1nc3ccccc3[nH]1)CCCC2. The third-order valence-electron chi connectivity index (χ3n) is 6.10. The fraction of sp³-hybridized carbons (Fsp3) is 0.200. The van der Waals surface area contributed by atoms with Crippen LogP contribution in [0.4, 0.5) is 5.00 Å². The number of imidazole rings is 1. The molecule has 0 spiro atoms. The summed E-state index contributed by atoms with van der Waals surface area (Å²) < 4.78 is 1.46. The number of anilines is 1. The minimum Gasteiger partial charge on any atom is -0.338 e. The van der Waals surface area contributed by atoms with Gasteiger partial charge < -0.3 is 10.3 Å². The highest BCUT2D eigenvalue weighted by Gasteiger charge is 2.25. The molecule has 7 nitrogen and oxygen atoms in total. The van der Waals surface area contributed by atoms with Crippen LogP contribution in [-0.4, -0.2) is 25.4 Å². The maximum Gasteiger partial charge on any atom is 0.269 e. The van der Waals surface area contributed by atoms with Gasteiger partial charge in [-0.15, -0.1) is 11.3 Å². The Morgan fingerprint density at radius 2 is 1.85 bits per heavy atom. The number of nitrogens with one attached hydrogen (secondary N) is 2. The van der Waals surface area contributed by atoms with Crippen LogP contribution in [0.15, 0.2) is 59.5 Å². The predicted octanol–water partition coefficient (Wildman–Crippen LogP) is 4.52. The first kappa shape index (κ1) is 19.9. The Kier molecular flexibility index (Phi) is 4.80. The molecule has 0 saturated heterocycles. The molecule has 0 saturated carbocycles. The van der Waals surface area contributed by atoms with E-state index in [1.54, 1.807) is 17.4 Å². The zero-order valence-electron chi connectivity index (χ0n) is 17.8. The number of carbonyl (C=O) groups is 1. The van der Waals surface area contributed by atoms with E-state index in [-0.39, 0.29) is 18.0 Å². The first-order chi connectivity index (χ1) is 16.2. The summed E-state index contributed by atoms with van der Waals surface area (Å²) >= 11 is 1.62. The van der Waals surface area contributed by atoms with E-state index in [0.29, 0.717) is 11.0 Å². The molecule has 3 heterocycles. The van der Waals surface area contributed by atoms with E-state index in [1.807, 2.05) is 42.5 Å². The Balaban J connectivity index is 1.38. The molecule has 8 heteroatoms. The Labute approximate surface area is 193 Å². The van der Waals surface area contributed by atoms with Gasteiger partial charge in [0.15, 0.2) is 0 Å². The maximum absolute atomic E-state index is 13.1. The summed E-state index contributed by atoms with van der Waals surface area (Å²) in [5, 5.41) is 3.88. The van der Waals surface area contributed by atoms with Crippen LogP contribution in [0, 0.1) is 0 Å². The second-order valence-electron chi connectivity index (χ2n) is 8.24. The zero-order chi connectivity index (χ0) is 22.4. The van der Waals surface area contributed by atoms with Crippen LogP contribution in [0.2, 0.25) is 0 Å². The zero-order valence-corrected chi connectivity index (χ0v) is 18.6. The van der Waals surface area contributed by atoms with Crippen LogP contribution in [0.3, 0.4) is 0 Å². The lowest BCUT2D eigenvalue weighted by Gasteiger charge is -2.12. The Bertz CT molecular complexity index is 1550. The van der Waals surface area contributed by atoms with E-state index < -0.39 is 0 Å². The molecule has 1 aliphatic rings. The first-order valence-electron chi connectivity index (χ1n) is 11.0. The quantitative estimate of drug-likeness (QED) is 0.417. The fourth-order valence-corrected chi connectivity index (χ4v) is 5.87. The molecule has 0 atom stereocenters. The first-order valence-corrected chi connectivity index (χ1v) is 11.8. The number of aryl methyl sites for hydroxylation is 1. The van der Waals surface area contributed by atoms with Gasteiger partial charge in [0.05, 0.1) is 33.8 Å². The number of aromatic nitrogens is 4. The van der Waals surface area contributed by atoms with Gasteiger partial charge >= 0.3 is 0 Å². The third-order valence-corrected chi connectivity index (χ3v) is 7.31. The van der Waals surface area contributed by atoms with Gasteiger partial charge in [0.2, 0.25) is 5.91 Å². The van der Waals surface area contributed by atoms with Crippen molar-refractivity contribution in [2.75, 3.05) is 5.32 Å². The molecule has 6 rings (SSSR count). The molecule has 164 valence electrons. The van der Waals surface area contributed by atoms with Gasteiger partial charge in [-0.3, -0.25) is 14.2 Å². The van der Waals surface area contributed by atoms with E-state index in [0.717, 1.165) is 53.1 Å². The molecule has 2 N–H and O–H groups in total. The standard InChI is InChI=1S/C25H21N5O2S/c31-21(14-30-19-11-5-4-10-18(19)26-13-22(30)32)29-25-23(15-7-1-6-12-20(15)33-25)24-27-16-8-2-3-9-17(16)28-24/h2-5,8-11,13H,1,6-7,12,14H2,(H,27,28)(H,29,31). The summed E-state index contributed by atoms with van der Waals surface area (Å²) in [6.45, 7) is -0.0794. The molecular formula is C25H21N5O2S. The number of rotatable bonds is 4. The topological polar surface area (TPSA) is 92.7 Å². The second kappa shape index (κ2) is 7.97. The molecule has 1 amide bonds. The number of para-hydroxylation sites is 4. The van der Waals surface area contributed by atoms with E-state index >= 15 is 0 Å². The minimum absolute atomic E-state index is 0.0794. The number of nitrogens with zero attached hydrogens (tertiary/aromatic N) is 3. The van der Waals surface area contributed by atoms with Crippen LogP contribution in [-0.2, 0) is 24.2 Å². The molecule has 5 aromatic rings. The largest absolute Gasteiger partial charge is 0.338 e. The Morgan fingerprint density at radius 1 is 1.06 bits per heavy atom. The predicted molar refractivity (Wildman–Crippen MR) is 131 cm³/mol. The van der Waals surface area contributed by atoms with Crippen molar-refractivity contribution in [1.29, 1.82) is 0 Å². The average molecular weight is 456 g/mol. The van der Waals surface area contributed by atoms with Crippen molar-refractivity contribution in [3.05, 3.63) is 75.5 Å². The smallest absolute Gasteiger partial charge is 0.269 e. The fourth-order valence-electron chi connectivity index (χ4n) is 4.56. The minimum atomic E-state index is -0.299. The highest BCUT2D eigenvalue weighted by atomic mass is 32.1. The Morgan fingerprint density at radius 3 is 2.73 bits per heavy atom. The summed E-state index contributed by atoms with van der Waals surface area (Å²) in [6, 6.07) is 15.3. The lowest BCUT2D eigenvalue weighted by Crippen LogP contribution is -2.27. The van der Waals surface area contributed by atoms with Gasteiger partial charge in [-0.2, -0.15) is 0 Å². The van der Waals surface area contributed by atoms with Crippen LogP contribution in [0.5, 0.6) is 0 Å². The molecule has 2 aromatic carbocycles. The van der Waals surface area contributed by atoms with Gasteiger partial charge in [0, 0.05) is 4.88 Å². The van der Waals surface area contributed by atoms with Gasteiger partial charge in [-0.25, -0.2) is 9.97 Å². The highest BCUT2D eigenvalue weighted by molar-refractivity contribution is 7.17. The van der Waals surface area contributed by atoms with Crippen molar-refractivity contribution in [2.24, 2.45) is 0 Å². The second-order valence-corrected chi connectivity index (χ2v) is 9.34. The average Bonchev–Trinajstić information content (AvgIpc) is 3.41. The van der Waals surface area contributed by atoms with Gasteiger partial charge in [0.25, 0.3) is 5.56 Å². The van der Waals surface area contributed by atoms with Crippen molar-refractivity contribution < 1.29 is 4.79 Å². The summed E-state index contributed by atoms with van der Waals surface area (Å²) in [4.78, 5) is 39.3. The van der Waals surface area contributed by atoms with E-state index in [1.165, 1.54) is 21.2 Å². The van der Waals surface area contributed by atoms with E-state index in [2.05, 4.69) is 15.3 Å². The normalized spacial score (nSPS) is 13.3. The summed E-state index contributed by atoms with van der Waals surface area (Å²) in [5.74, 6) is 0.529. The molecule has 0 unspecified atom stereocenters. The number of amides is 1. The van der Waals surface area contributed by atoms with Crippen molar-refractivity contribution in [1.82, 2.24) is 19.5 Å². The molecule has 0 aliphatic heterocycles. The molecule has 3 aromatic heterocycles. The lowest BCUT2D eigenvalue weighted by molar-refractivity contribution is -0.116. The maximum atomic E-state index is 13.1. The number of benzene rings is 2. The molecule has 0 fully saturated rings. The van der Waals surface area contributed by atoms with E-state index in [4.69, 9.17) is 4.98 Å². The number of thiophene rings is 1. The molecular weight excluding hydrogens is 434 g/mol. The van der Waals surface area contributed by atoms with Crippen LogP contribution in [0.25, 0.3) is 33.5 Å². The van der Waals surface area contributed by atoms with Crippen molar-refractivity contribution in [3.63, 3.8) is 0 Å².